The van der Waals surface area contributed by atoms with Crippen molar-refractivity contribution in [2.75, 3.05) is 5.32 Å². The van der Waals surface area contributed by atoms with Gasteiger partial charge in [0.25, 0.3) is 0 Å². The molecule has 0 fully saturated rings. The summed E-state index contributed by atoms with van der Waals surface area (Å²) in [5.41, 5.74) is -1.18. The summed E-state index contributed by atoms with van der Waals surface area (Å²) < 4.78 is 19.6. The molecule has 0 saturated carbocycles. The largest absolute Gasteiger partial charge is 0.481 e. The van der Waals surface area contributed by atoms with Crippen LogP contribution >= 0.6 is 0 Å². The number of carboxylic acids is 1. The van der Waals surface area contributed by atoms with Crippen LogP contribution in [0, 0.1) is 11.2 Å². The van der Waals surface area contributed by atoms with Crippen LogP contribution in [0.2, 0.25) is 0 Å². The van der Waals surface area contributed by atoms with Gasteiger partial charge in [0.2, 0.25) is 5.91 Å². The second kappa shape index (κ2) is 9.71. The number of aliphatic carboxylic acids is 1. The van der Waals surface area contributed by atoms with Gasteiger partial charge in [0.15, 0.2) is 0 Å². The van der Waals surface area contributed by atoms with Crippen LogP contribution in [0.3, 0.4) is 0 Å². The molecule has 2 amide bonds. The third kappa shape index (κ3) is 8.50. The van der Waals surface area contributed by atoms with E-state index in [0.29, 0.717) is 5.56 Å². The van der Waals surface area contributed by atoms with Gasteiger partial charge in [0.05, 0.1) is 11.1 Å². The van der Waals surface area contributed by atoms with Gasteiger partial charge in [0, 0.05) is 12.5 Å². The minimum absolute atomic E-state index is 0.0723. The maximum absolute atomic E-state index is 14.3. The SMILES string of the molecule is CCC(=O)Nc1ccc(CC(CC(C)(C)C(=O)O)NC(=O)OC(C)(C)C)cc1F. The molecule has 0 spiro atoms. The van der Waals surface area contributed by atoms with Crippen molar-refractivity contribution < 1.29 is 28.6 Å². The molecule has 0 aliphatic heterocycles. The van der Waals surface area contributed by atoms with E-state index in [1.54, 1.807) is 47.6 Å². The lowest BCUT2D eigenvalue weighted by molar-refractivity contribution is -0.147. The van der Waals surface area contributed by atoms with Gasteiger partial charge < -0.3 is 20.5 Å². The molecule has 1 unspecified atom stereocenters. The predicted octanol–water partition coefficient (Wildman–Crippen LogP) is 4.11. The van der Waals surface area contributed by atoms with Crippen LogP contribution < -0.4 is 10.6 Å². The Labute approximate surface area is 171 Å². The van der Waals surface area contributed by atoms with Gasteiger partial charge in [-0.3, -0.25) is 9.59 Å². The molecule has 0 saturated heterocycles. The van der Waals surface area contributed by atoms with E-state index in [1.807, 2.05) is 0 Å². The van der Waals surface area contributed by atoms with Crippen molar-refractivity contribution in [2.24, 2.45) is 5.41 Å². The molecule has 0 aromatic heterocycles. The van der Waals surface area contributed by atoms with Crippen LogP contribution in [0.4, 0.5) is 14.9 Å². The molecular formula is C21H31FN2O5. The number of nitrogens with one attached hydrogen (secondary N) is 2. The van der Waals surface area contributed by atoms with Gasteiger partial charge in [-0.15, -0.1) is 0 Å². The number of halogens is 1. The molecule has 8 heteroatoms. The van der Waals surface area contributed by atoms with E-state index < -0.39 is 34.9 Å². The van der Waals surface area contributed by atoms with Crippen LogP contribution in [0.5, 0.6) is 0 Å². The Bertz CT molecular complexity index is 756. The summed E-state index contributed by atoms with van der Waals surface area (Å²) in [7, 11) is 0. The summed E-state index contributed by atoms with van der Waals surface area (Å²) in [5, 5.41) is 14.6. The lowest BCUT2D eigenvalue weighted by Gasteiger charge is -2.28. The number of rotatable bonds is 8. The average Bonchev–Trinajstić information content (AvgIpc) is 2.54. The standard InChI is InChI=1S/C21H31FN2O5/c1-7-17(25)24-16-9-8-13(11-15(16)22)10-14(12-21(5,6)18(26)27)23-19(28)29-20(2,3)4/h8-9,11,14H,7,10,12H2,1-6H3,(H,23,28)(H,24,25)(H,26,27). The van der Waals surface area contributed by atoms with Crippen molar-refractivity contribution in [2.45, 2.75) is 72.4 Å². The van der Waals surface area contributed by atoms with Crippen molar-refractivity contribution in [1.29, 1.82) is 0 Å². The Morgan fingerprint density at radius 2 is 1.79 bits per heavy atom. The topological polar surface area (TPSA) is 105 Å². The van der Waals surface area contributed by atoms with Crippen LogP contribution in [-0.2, 0) is 20.7 Å². The number of ether oxygens (including phenoxy) is 1. The first-order valence-corrected chi connectivity index (χ1v) is 9.54. The smallest absolute Gasteiger partial charge is 0.407 e. The van der Waals surface area contributed by atoms with E-state index in [9.17, 15) is 23.9 Å². The molecule has 0 aliphatic rings. The summed E-state index contributed by atoms with van der Waals surface area (Å²) in [6.07, 6.45) is -0.115. The van der Waals surface area contributed by atoms with Gasteiger partial charge in [-0.2, -0.15) is 0 Å². The highest BCUT2D eigenvalue weighted by Gasteiger charge is 2.32. The highest BCUT2D eigenvalue weighted by molar-refractivity contribution is 5.90. The lowest BCUT2D eigenvalue weighted by atomic mass is 9.84. The van der Waals surface area contributed by atoms with Crippen molar-refractivity contribution >= 4 is 23.7 Å². The first-order chi connectivity index (χ1) is 13.2. The van der Waals surface area contributed by atoms with Gasteiger partial charge in [-0.05, 0) is 65.2 Å². The third-order valence-electron chi connectivity index (χ3n) is 4.17. The van der Waals surface area contributed by atoms with E-state index in [2.05, 4.69) is 10.6 Å². The van der Waals surface area contributed by atoms with Crippen molar-refractivity contribution in [3.8, 4) is 0 Å². The Morgan fingerprint density at radius 1 is 1.17 bits per heavy atom. The van der Waals surface area contributed by atoms with Crippen molar-refractivity contribution in [1.82, 2.24) is 5.32 Å². The first-order valence-electron chi connectivity index (χ1n) is 9.54. The molecule has 29 heavy (non-hydrogen) atoms. The molecule has 0 aliphatic carbocycles. The molecule has 1 atom stereocenters. The fourth-order valence-corrected chi connectivity index (χ4v) is 2.66. The van der Waals surface area contributed by atoms with E-state index in [-0.39, 0.29) is 30.9 Å². The maximum atomic E-state index is 14.3. The second-order valence-electron chi connectivity index (χ2n) is 8.66. The third-order valence-corrected chi connectivity index (χ3v) is 4.17. The highest BCUT2D eigenvalue weighted by Crippen LogP contribution is 2.25. The molecule has 0 heterocycles. The molecule has 1 rings (SSSR count). The number of carbonyl (C=O) groups excluding carboxylic acids is 2. The zero-order chi connectivity index (χ0) is 22.4. The minimum Gasteiger partial charge on any atom is -0.481 e. The monoisotopic (exact) mass is 410 g/mol. The number of carboxylic acid groups (broad SMARTS) is 1. The van der Waals surface area contributed by atoms with Gasteiger partial charge >= 0.3 is 12.1 Å². The van der Waals surface area contributed by atoms with E-state index in [4.69, 9.17) is 4.74 Å². The summed E-state index contributed by atoms with van der Waals surface area (Å²) in [4.78, 5) is 35.2. The number of carbonyl (C=O) groups is 3. The van der Waals surface area contributed by atoms with E-state index in [0.717, 1.165) is 0 Å². The Kier molecular flexibility index (Phi) is 8.17. The van der Waals surface area contributed by atoms with E-state index in [1.165, 1.54) is 12.1 Å². The number of hydrogen-bond acceptors (Lipinski definition) is 4. The molecule has 162 valence electrons. The van der Waals surface area contributed by atoms with Gasteiger partial charge in [-0.25, -0.2) is 9.18 Å². The minimum atomic E-state index is -1.10. The zero-order valence-electron chi connectivity index (χ0n) is 17.9. The molecule has 0 bridgehead atoms. The van der Waals surface area contributed by atoms with Crippen LogP contribution in [0.15, 0.2) is 18.2 Å². The first kappa shape index (κ1) is 24.4. The van der Waals surface area contributed by atoms with E-state index >= 15 is 0 Å². The summed E-state index contributed by atoms with van der Waals surface area (Å²) in [6.45, 7) is 9.95. The van der Waals surface area contributed by atoms with Crippen LogP contribution in [-0.4, -0.2) is 34.7 Å². The Balaban J connectivity index is 3.01. The fraction of sp³-hybridized carbons (Fsp3) is 0.571. The molecule has 0 radical (unpaired) electrons. The molecule has 3 N–H and O–H groups in total. The van der Waals surface area contributed by atoms with Gasteiger partial charge in [0.1, 0.15) is 11.4 Å². The second-order valence-corrected chi connectivity index (χ2v) is 8.66. The maximum Gasteiger partial charge on any atom is 0.407 e. The Morgan fingerprint density at radius 3 is 2.28 bits per heavy atom. The van der Waals surface area contributed by atoms with Crippen molar-refractivity contribution in [3.63, 3.8) is 0 Å². The number of benzene rings is 1. The lowest BCUT2D eigenvalue weighted by Crippen LogP contribution is -2.43. The fourth-order valence-electron chi connectivity index (χ4n) is 2.66. The van der Waals surface area contributed by atoms with Crippen molar-refractivity contribution in [3.05, 3.63) is 29.6 Å². The number of hydrogen-bond donors (Lipinski definition) is 3. The molecule has 7 nitrogen and oxygen atoms in total. The highest BCUT2D eigenvalue weighted by atomic mass is 19.1. The molecule has 1 aromatic carbocycles. The zero-order valence-corrected chi connectivity index (χ0v) is 17.9. The van der Waals surface area contributed by atoms with Crippen LogP contribution in [0.1, 0.15) is 59.9 Å². The molecular weight excluding hydrogens is 379 g/mol. The Hall–Kier alpha value is -2.64. The number of alkyl carbamates (subject to hydrolysis) is 1. The summed E-state index contributed by atoms with van der Waals surface area (Å²) >= 11 is 0. The molecule has 1 aromatic rings. The average molecular weight is 410 g/mol. The predicted molar refractivity (Wildman–Crippen MR) is 108 cm³/mol. The number of anilines is 1. The summed E-state index contributed by atoms with van der Waals surface area (Å²) in [5.74, 6) is -1.90. The summed E-state index contributed by atoms with van der Waals surface area (Å²) in [6, 6.07) is 3.76. The normalized spacial score (nSPS) is 12.8. The quantitative estimate of drug-likeness (QED) is 0.598. The number of amides is 2. The van der Waals surface area contributed by atoms with Crippen LogP contribution in [0.25, 0.3) is 0 Å². The van der Waals surface area contributed by atoms with Gasteiger partial charge in [-0.1, -0.05) is 13.0 Å².